The lowest BCUT2D eigenvalue weighted by molar-refractivity contribution is -0.0667. The summed E-state index contributed by atoms with van der Waals surface area (Å²) in [4.78, 5) is 14.3. The number of ether oxygens (including phenoxy) is 1. The Labute approximate surface area is 115 Å². The van der Waals surface area contributed by atoms with Gasteiger partial charge in [0.25, 0.3) is 5.91 Å². The Morgan fingerprint density at radius 2 is 2.30 bits per heavy atom. The Morgan fingerprint density at radius 3 is 3.10 bits per heavy atom. The second-order valence-corrected chi connectivity index (χ2v) is 4.97. The van der Waals surface area contributed by atoms with Crippen molar-refractivity contribution in [3.8, 4) is 0 Å². The molecule has 2 atom stereocenters. The van der Waals surface area contributed by atoms with Crippen LogP contribution in [0.4, 0.5) is 0 Å². The molecule has 20 heavy (non-hydrogen) atoms. The zero-order valence-electron chi connectivity index (χ0n) is 11.1. The van der Waals surface area contributed by atoms with Gasteiger partial charge in [0.15, 0.2) is 0 Å². The van der Waals surface area contributed by atoms with E-state index in [1.54, 1.807) is 23.1 Å². The van der Waals surface area contributed by atoms with Gasteiger partial charge in [-0.1, -0.05) is 0 Å². The van der Waals surface area contributed by atoms with Crippen LogP contribution in [-0.2, 0) is 4.74 Å². The molecule has 3 rings (SSSR count). The van der Waals surface area contributed by atoms with Crippen molar-refractivity contribution in [1.29, 1.82) is 0 Å². The first-order chi connectivity index (χ1) is 9.69. The van der Waals surface area contributed by atoms with Crippen molar-refractivity contribution in [1.82, 2.24) is 20.3 Å². The molecular weight excluding hydrogens is 260 g/mol. The van der Waals surface area contributed by atoms with E-state index in [1.165, 1.54) is 0 Å². The van der Waals surface area contributed by atoms with Crippen LogP contribution in [0.3, 0.4) is 0 Å². The lowest BCUT2D eigenvalue weighted by Gasteiger charge is -2.37. The average molecular weight is 276 g/mol. The van der Waals surface area contributed by atoms with E-state index in [-0.39, 0.29) is 24.7 Å². The van der Waals surface area contributed by atoms with E-state index in [2.05, 4.69) is 15.4 Å². The number of fused-ring (bicyclic) bond motifs is 1. The summed E-state index contributed by atoms with van der Waals surface area (Å²) >= 11 is 0. The summed E-state index contributed by atoms with van der Waals surface area (Å²) in [6, 6.07) is 5.21. The molecule has 0 bridgehead atoms. The number of aliphatic hydroxyl groups is 1. The molecule has 0 aliphatic carbocycles. The quantitative estimate of drug-likeness (QED) is 0.816. The predicted octanol–water partition coefficient (Wildman–Crippen LogP) is 0.180. The summed E-state index contributed by atoms with van der Waals surface area (Å²) in [5, 5.41) is 19.6. The first-order valence-corrected chi connectivity index (χ1v) is 6.53. The number of carbonyl (C=O) groups is 1. The number of rotatable bonds is 2. The van der Waals surface area contributed by atoms with E-state index in [4.69, 9.17) is 4.74 Å². The van der Waals surface area contributed by atoms with E-state index in [0.29, 0.717) is 24.2 Å². The van der Waals surface area contributed by atoms with Crippen molar-refractivity contribution >= 4 is 16.9 Å². The fraction of sp³-hybridized carbons (Fsp3) is 0.462. The molecule has 1 saturated heterocycles. The summed E-state index contributed by atoms with van der Waals surface area (Å²) in [6.07, 6.45) is -0.314. The van der Waals surface area contributed by atoms with Gasteiger partial charge in [-0.3, -0.25) is 4.79 Å². The number of amides is 1. The SMILES string of the molecule is CC1COC(CO)CN1C(=O)c1ccc2n[nH]nc2c1. The minimum Gasteiger partial charge on any atom is -0.394 e. The number of benzene rings is 1. The van der Waals surface area contributed by atoms with Crippen LogP contribution in [0.15, 0.2) is 18.2 Å². The summed E-state index contributed by atoms with van der Waals surface area (Å²) in [5.74, 6) is -0.0795. The minimum absolute atomic E-state index is 0.0155. The molecule has 0 spiro atoms. The standard InChI is InChI=1S/C13H16N4O3/c1-8-7-20-10(6-18)5-17(8)13(19)9-2-3-11-12(4-9)15-16-14-11/h2-4,8,10,18H,5-7H2,1H3,(H,14,15,16). The van der Waals surface area contributed by atoms with Gasteiger partial charge in [-0.25, -0.2) is 0 Å². The van der Waals surface area contributed by atoms with Gasteiger partial charge in [0, 0.05) is 12.1 Å². The van der Waals surface area contributed by atoms with Crippen molar-refractivity contribution in [2.45, 2.75) is 19.1 Å². The monoisotopic (exact) mass is 276 g/mol. The predicted molar refractivity (Wildman–Crippen MR) is 71.2 cm³/mol. The second kappa shape index (κ2) is 5.18. The van der Waals surface area contributed by atoms with Crippen molar-refractivity contribution in [2.24, 2.45) is 0 Å². The fourth-order valence-corrected chi connectivity index (χ4v) is 2.35. The number of hydrogen-bond donors (Lipinski definition) is 2. The van der Waals surface area contributed by atoms with Gasteiger partial charge in [-0.05, 0) is 25.1 Å². The Balaban J connectivity index is 1.86. The second-order valence-electron chi connectivity index (χ2n) is 4.97. The largest absolute Gasteiger partial charge is 0.394 e. The van der Waals surface area contributed by atoms with Gasteiger partial charge in [0.05, 0.1) is 25.4 Å². The highest BCUT2D eigenvalue weighted by molar-refractivity contribution is 5.97. The molecule has 1 aromatic heterocycles. The van der Waals surface area contributed by atoms with E-state index in [1.807, 2.05) is 6.92 Å². The van der Waals surface area contributed by atoms with Gasteiger partial charge < -0.3 is 14.7 Å². The molecule has 2 unspecified atom stereocenters. The number of aromatic amines is 1. The van der Waals surface area contributed by atoms with E-state index >= 15 is 0 Å². The van der Waals surface area contributed by atoms with Gasteiger partial charge in [-0.15, -0.1) is 0 Å². The van der Waals surface area contributed by atoms with Crippen LogP contribution in [0.25, 0.3) is 11.0 Å². The molecule has 1 aliphatic rings. The molecule has 7 heteroatoms. The van der Waals surface area contributed by atoms with Crippen LogP contribution < -0.4 is 0 Å². The number of nitrogens with one attached hydrogen (secondary N) is 1. The van der Waals surface area contributed by atoms with Gasteiger partial charge in [0.2, 0.25) is 0 Å². The van der Waals surface area contributed by atoms with Gasteiger partial charge in [0.1, 0.15) is 11.0 Å². The molecule has 106 valence electrons. The molecule has 2 heterocycles. The number of carbonyl (C=O) groups excluding carboxylic acids is 1. The van der Waals surface area contributed by atoms with Gasteiger partial charge >= 0.3 is 0 Å². The number of morpholine rings is 1. The maximum absolute atomic E-state index is 12.6. The van der Waals surface area contributed by atoms with Crippen LogP contribution in [-0.4, -0.2) is 63.2 Å². The summed E-state index contributed by atoms with van der Waals surface area (Å²) < 4.78 is 5.44. The molecule has 0 saturated carbocycles. The number of H-pyrrole nitrogens is 1. The molecular formula is C13H16N4O3. The lowest BCUT2D eigenvalue weighted by atomic mass is 10.1. The molecule has 7 nitrogen and oxygen atoms in total. The highest BCUT2D eigenvalue weighted by atomic mass is 16.5. The van der Waals surface area contributed by atoms with Crippen molar-refractivity contribution < 1.29 is 14.6 Å². The zero-order chi connectivity index (χ0) is 14.1. The minimum atomic E-state index is -0.314. The molecule has 2 N–H and O–H groups in total. The van der Waals surface area contributed by atoms with Gasteiger partial charge in [-0.2, -0.15) is 15.4 Å². The molecule has 1 aliphatic heterocycles. The van der Waals surface area contributed by atoms with Crippen molar-refractivity contribution in [2.75, 3.05) is 19.8 Å². The maximum atomic E-state index is 12.6. The van der Waals surface area contributed by atoms with Crippen LogP contribution in [0.2, 0.25) is 0 Å². The highest BCUT2D eigenvalue weighted by Crippen LogP contribution is 2.17. The van der Waals surface area contributed by atoms with E-state index < -0.39 is 0 Å². The van der Waals surface area contributed by atoms with E-state index in [0.717, 1.165) is 5.52 Å². The van der Waals surface area contributed by atoms with Crippen molar-refractivity contribution in [3.63, 3.8) is 0 Å². The summed E-state index contributed by atoms with van der Waals surface area (Å²) in [7, 11) is 0. The highest BCUT2D eigenvalue weighted by Gasteiger charge is 2.30. The summed E-state index contributed by atoms with van der Waals surface area (Å²) in [5.41, 5.74) is 1.96. The third kappa shape index (κ3) is 2.25. The normalized spacial score (nSPS) is 23.2. The number of aliphatic hydroxyl groups excluding tert-OH is 1. The number of nitrogens with zero attached hydrogens (tertiary/aromatic N) is 3. The van der Waals surface area contributed by atoms with Crippen LogP contribution in [0.5, 0.6) is 0 Å². The van der Waals surface area contributed by atoms with E-state index in [9.17, 15) is 9.90 Å². The zero-order valence-corrected chi connectivity index (χ0v) is 11.1. The Morgan fingerprint density at radius 1 is 1.50 bits per heavy atom. The number of hydrogen-bond acceptors (Lipinski definition) is 5. The number of aromatic nitrogens is 3. The molecule has 1 aromatic carbocycles. The lowest BCUT2D eigenvalue weighted by Crippen LogP contribution is -2.52. The Kier molecular flexibility index (Phi) is 3.37. The van der Waals surface area contributed by atoms with Crippen LogP contribution >= 0.6 is 0 Å². The Hall–Kier alpha value is -1.99. The van der Waals surface area contributed by atoms with Crippen LogP contribution in [0.1, 0.15) is 17.3 Å². The first kappa shape index (κ1) is 13.0. The van der Waals surface area contributed by atoms with Crippen LogP contribution in [0, 0.1) is 0 Å². The first-order valence-electron chi connectivity index (χ1n) is 6.53. The summed E-state index contributed by atoms with van der Waals surface area (Å²) in [6.45, 7) is 2.68. The molecule has 0 radical (unpaired) electrons. The Bertz CT molecular complexity index is 627. The molecule has 1 fully saturated rings. The van der Waals surface area contributed by atoms with Crippen molar-refractivity contribution in [3.05, 3.63) is 23.8 Å². The third-order valence-electron chi connectivity index (χ3n) is 3.53. The third-order valence-corrected chi connectivity index (χ3v) is 3.53. The smallest absolute Gasteiger partial charge is 0.254 e. The fourth-order valence-electron chi connectivity index (χ4n) is 2.35. The molecule has 2 aromatic rings. The molecule has 1 amide bonds. The topological polar surface area (TPSA) is 91.3 Å². The average Bonchev–Trinajstić information content (AvgIpc) is 2.94. The maximum Gasteiger partial charge on any atom is 0.254 e.